The maximum absolute atomic E-state index is 13.4. The molecule has 2 aliphatic rings. The SMILES string of the molecule is Fc1ccc(N2N=C(c3cccs3)CC2c2ccc3c(c2)OCO3)cc1. The van der Waals surface area contributed by atoms with Crippen molar-refractivity contribution in [3.63, 3.8) is 0 Å². The highest BCUT2D eigenvalue weighted by atomic mass is 32.1. The summed E-state index contributed by atoms with van der Waals surface area (Å²) in [5.41, 5.74) is 2.99. The van der Waals surface area contributed by atoms with Gasteiger partial charge in [0.15, 0.2) is 11.5 Å². The molecule has 1 atom stereocenters. The smallest absolute Gasteiger partial charge is 0.231 e. The van der Waals surface area contributed by atoms with Crippen LogP contribution in [0.15, 0.2) is 65.1 Å². The maximum Gasteiger partial charge on any atom is 0.231 e. The third-order valence-corrected chi connectivity index (χ3v) is 5.51. The van der Waals surface area contributed by atoms with Crippen LogP contribution < -0.4 is 14.5 Å². The van der Waals surface area contributed by atoms with Crippen LogP contribution in [0.3, 0.4) is 0 Å². The molecular formula is C20H15FN2O2S. The van der Waals surface area contributed by atoms with Gasteiger partial charge in [0.2, 0.25) is 6.79 Å². The predicted octanol–water partition coefficient (Wildman–Crippen LogP) is 4.97. The Labute approximate surface area is 154 Å². The first-order valence-corrected chi connectivity index (χ1v) is 9.21. The Morgan fingerprint density at radius 3 is 2.69 bits per heavy atom. The molecule has 5 rings (SSSR count). The zero-order valence-electron chi connectivity index (χ0n) is 13.8. The fourth-order valence-corrected chi connectivity index (χ4v) is 4.03. The number of nitrogens with zero attached hydrogens (tertiary/aromatic N) is 2. The number of benzene rings is 2. The van der Waals surface area contributed by atoms with Gasteiger partial charge in [-0.05, 0) is 53.4 Å². The molecule has 2 aromatic carbocycles. The molecule has 4 nitrogen and oxygen atoms in total. The molecule has 0 fully saturated rings. The Hall–Kier alpha value is -2.86. The Morgan fingerprint density at radius 1 is 1.04 bits per heavy atom. The van der Waals surface area contributed by atoms with Crippen LogP contribution in [-0.2, 0) is 0 Å². The average molecular weight is 366 g/mol. The highest BCUT2D eigenvalue weighted by Crippen LogP contribution is 2.41. The summed E-state index contributed by atoms with van der Waals surface area (Å²) < 4.78 is 24.3. The van der Waals surface area contributed by atoms with Gasteiger partial charge >= 0.3 is 0 Å². The number of thiophene rings is 1. The van der Waals surface area contributed by atoms with Gasteiger partial charge in [0.05, 0.1) is 22.3 Å². The van der Waals surface area contributed by atoms with E-state index in [1.807, 2.05) is 34.7 Å². The largest absolute Gasteiger partial charge is 0.454 e. The van der Waals surface area contributed by atoms with E-state index >= 15 is 0 Å². The zero-order valence-corrected chi connectivity index (χ0v) is 14.6. The summed E-state index contributed by atoms with van der Waals surface area (Å²) in [6, 6.07) is 16.6. The Morgan fingerprint density at radius 2 is 1.88 bits per heavy atom. The van der Waals surface area contributed by atoms with Crippen molar-refractivity contribution in [1.29, 1.82) is 0 Å². The van der Waals surface area contributed by atoms with Gasteiger partial charge in [-0.25, -0.2) is 4.39 Å². The molecule has 0 saturated carbocycles. The Bertz CT molecular complexity index is 970. The molecular weight excluding hydrogens is 351 g/mol. The number of rotatable bonds is 3. The third-order valence-electron chi connectivity index (χ3n) is 4.59. The van der Waals surface area contributed by atoms with Crippen LogP contribution in [0.1, 0.15) is 22.9 Å². The lowest BCUT2D eigenvalue weighted by atomic mass is 10.0. The summed E-state index contributed by atoms with van der Waals surface area (Å²) in [6.45, 7) is 0.252. The van der Waals surface area contributed by atoms with E-state index in [1.54, 1.807) is 23.5 Å². The van der Waals surface area contributed by atoms with E-state index in [2.05, 4.69) is 6.07 Å². The van der Waals surface area contributed by atoms with Crippen LogP contribution in [0.5, 0.6) is 11.5 Å². The van der Waals surface area contributed by atoms with Gasteiger partial charge in [0, 0.05) is 6.42 Å². The minimum atomic E-state index is -0.255. The van der Waals surface area contributed by atoms with Gasteiger partial charge in [0.25, 0.3) is 0 Å². The van der Waals surface area contributed by atoms with Crippen LogP contribution in [0.25, 0.3) is 0 Å². The van der Waals surface area contributed by atoms with Crippen LogP contribution in [0, 0.1) is 5.82 Å². The molecule has 0 radical (unpaired) electrons. The van der Waals surface area contributed by atoms with Crippen LogP contribution in [0.4, 0.5) is 10.1 Å². The lowest BCUT2D eigenvalue weighted by molar-refractivity contribution is 0.174. The van der Waals surface area contributed by atoms with Crippen molar-refractivity contribution in [3.8, 4) is 11.5 Å². The van der Waals surface area contributed by atoms with Crippen LogP contribution in [0.2, 0.25) is 0 Å². The van der Waals surface area contributed by atoms with Gasteiger partial charge in [0.1, 0.15) is 5.82 Å². The van der Waals surface area contributed by atoms with Gasteiger partial charge in [-0.2, -0.15) is 5.10 Å². The van der Waals surface area contributed by atoms with Gasteiger partial charge in [-0.3, -0.25) is 5.01 Å². The maximum atomic E-state index is 13.4. The van der Waals surface area contributed by atoms with Crippen molar-refractivity contribution >= 4 is 22.7 Å². The summed E-state index contributed by atoms with van der Waals surface area (Å²) in [6.07, 6.45) is 0.775. The number of fused-ring (bicyclic) bond motifs is 1. The molecule has 6 heteroatoms. The third kappa shape index (κ3) is 2.63. The zero-order chi connectivity index (χ0) is 17.5. The van der Waals surface area contributed by atoms with Crippen molar-refractivity contribution in [3.05, 3.63) is 76.2 Å². The first-order valence-electron chi connectivity index (χ1n) is 8.34. The van der Waals surface area contributed by atoms with E-state index in [0.717, 1.165) is 39.8 Å². The molecule has 3 aromatic rings. The van der Waals surface area contributed by atoms with E-state index in [-0.39, 0.29) is 18.7 Å². The molecule has 130 valence electrons. The fraction of sp³-hybridized carbons (Fsp3) is 0.150. The van der Waals surface area contributed by atoms with Crippen molar-refractivity contribution in [1.82, 2.24) is 0 Å². The average Bonchev–Trinajstić information content (AvgIpc) is 3.40. The van der Waals surface area contributed by atoms with E-state index in [9.17, 15) is 4.39 Å². The molecule has 3 heterocycles. The van der Waals surface area contributed by atoms with E-state index < -0.39 is 0 Å². The summed E-state index contributed by atoms with van der Waals surface area (Å²) in [5, 5.41) is 8.86. The second kappa shape index (κ2) is 6.14. The number of ether oxygens (including phenoxy) is 2. The van der Waals surface area contributed by atoms with Crippen LogP contribution >= 0.6 is 11.3 Å². The van der Waals surface area contributed by atoms with Gasteiger partial charge < -0.3 is 9.47 Å². The second-order valence-corrected chi connectivity index (χ2v) is 7.13. The Kier molecular flexibility index (Phi) is 3.64. The molecule has 26 heavy (non-hydrogen) atoms. The number of hydrogen-bond acceptors (Lipinski definition) is 5. The topological polar surface area (TPSA) is 34.1 Å². The summed E-state index contributed by atoms with van der Waals surface area (Å²) in [4.78, 5) is 1.15. The minimum absolute atomic E-state index is 0.0204. The molecule has 1 aromatic heterocycles. The standard InChI is InChI=1S/C20H15FN2O2S/c21-14-4-6-15(7-5-14)23-17(11-16(22-23)20-2-1-9-26-20)13-3-8-18-19(10-13)25-12-24-18/h1-10,17H,11-12H2. The predicted molar refractivity (Wildman–Crippen MR) is 99.7 cm³/mol. The summed E-state index contributed by atoms with van der Waals surface area (Å²) in [5.74, 6) is 1.26. The first kappa shape index (κ1) is 15.4. The van der Waals surface area contributed by atoms with Crippen molar-refractivity contribution in [2.45, 2.75) is 12.5 Å². The van der Waals surface area contributed by atoms with Crippen molar-refractivity contribution in [2.75, 3.05) is 11.8 Å². The monoisotopic (exact) mass is 366 g/mol. The summed E-state index contributed by atoms with van der Waals surface area (Å²) >= 11 is 1.68. The molecule has 1 unspecified atom stereocenters. The number of halogens is 1. The normalized spacial score (nSPS) is 18.3. The second-order valence-electron chi connectivity index (χ2n) is 6.18. The molecule has 0 N–H and O–H groups in total. The summed E-state index contributed by atoms with van der Waals surface area (Å²) in [7, 11) is 0. The van der Waals surface area contributed by atoms with Crippen molar-refractivity contribution < 1.29 is 13.9 Å². The van der Waals surface area contributed by atoms with Gasteiger partial charge in [-0.15, -0.1) is 11.3 Å². The molecule has 0 spiro atoms. The first-order chi connectivity index (χ1) is 12.8. The van der Waals surface area contributed by atoms with E-state index in [4.69, 9.17) is 14.6 Å². The minimum Gasteiger partial charge on any atom is -0.454 e. The number of hydrogen-bond donors (Lipinski definition) is 0. The molecule has 0 aliphatic carbocycles. The molecule has 0 amide bonds. The molecule has 0 bridgehead atoms. The lowest BCUT2D eigenvalue weighted by Crippen LogP contribution is -2.18. The van der Waals surface area contributed by atoms with Crippen LogP contribution in [-0.4, -0.2) is 12.5 Å². The number of anilines is 1. The Balaban J connectivity index is 1.55. The quantitative estimate of drug-likeness (QED) is 0.656. The molecule has 0 saturated heterocycles. The van der Waals surface area contributed by atoms with Crippen molar-refractivity contribution in [2.24, 2.45) is 5.10 Å². The van der Waals surface area contributed by atoms with E-state index in [0.29, 0.717) is 0 Å². The molecule has 2 aliphatic heterocycles. The van der Waals surface area contributed by atoms with E-state index in [1.165, 1.54) is 12.1 Å². The number of hydrazone groups is 1. The lowest BCUT2D eigenvalue weighted by Gasteiger charge is -2.24. The highest BCUT2D eigenvalue weighted by Gasteiger charge is 2.31. The highest BCUT2D eigenvalue weighted by molar-refractivity contribution is 7.12. The fourth-order valence-electron chi connectivity index (χ4n) is 3.31. The van der Waals surface area contributed by atoms with Gasteiger partial charge in [-0.1, -0.05) is 12.1 Å².